The highest BCUT2D eigenvalue weighted by Gasteiger charge is 1.99. The molecule has 0 aromatic heterocycles. The third kappa shape index (κ3) is 3.68. The molecule has 0 aliphatic heterocycles. The summed E-state index contributed by atoms with van der Waals surface area (Å²) in [6.45, 7) is 0. The van der Waals surface area contributed by atoms with E-state index < -0.39 is 0 Å². The van der Waals surface area contributed by atoms with E-state index >= 15 is 0 Å². The van der Waals surface area contributed by atoms with E-state index in [0.29, 0.717) is 10.8 Å². The molecule has 0 fully saturated rings. The molecule has 0 atom stereocenters. The quantitative estimate of drug-likeness (QED) is 0.605. The smallest absolute Gasteiger partial charge is 0.129 e. The standard InChI is InChI=1S/C13H9ClN2O/c1-17-13-6-5-12(14)7-11(13)4-2-3-10(8-15)9-16/h2-7H,1H3. The van der Waals surface area contributed by atoms with E-state index in [0.717, 1.165) is 5.56 Å². The van der Waals surface area contributed by atoms with Crippen molar-refractivity contribution >= 4 is 17.7 Å². The lowest BCUT2D eigenvalue weighted by molar-refractivity contribution is 0.414. The Balaban J connectivity index is 3.00. The highest BCUT2D eigenvalue weighted by Crippen LogP contribution is 2.23. The third-order valence-corrected chi connectivity index (χ3v) is 2.21. The Morgan fingerprint density at radius 2 is 2.06 bits per heavy atom. The zero-order chi connectivity index (χ0) is 12.7. The van der Waals surface area contributed by atoms with Crippen LogP contribution in [0.3, 0.4) is 0 Å². The Morgan fingerprint density at radius 1 is 1.35 bits per heavy atom. The summed E-state index contributed by atoms with van der Waals surface area (Å²) in [5.74, 6) is 0.675. The zero-order valence-corrected chi connectivity index (χ0v) is 9.90. The Hall–Kier alpha value is -2.23. The summed E-state index contributed by atoms with van der Waals surface area (Å²) in [5, 5.41) is 17.7. The van der Waals surface area contributed by atoms with Crippen molar-refractivity contribution in [1.29, 1.82) is 10.5 Å². The van der Waals surface area contributed by atoms with Crippen LogP contribution in [0.5, 0.6) is 5.75 Å². The first kappa shape index (κ1) is 12.8. The van der Waals surface area contributed by atoms with E-state index in [1.165, 1.54) is 6.08 Å². The molecule has 0 amide bonds. The van der Waals surface area contributed by atoms with Crippen LogP contribution in [-0.4, -0.2) is 7.11 Å². The molecule has 0 spiro atoms. The monoisotopic (exact) mass is 244 g/mol. The minimum atomic E-state index is 0.0437. The second-order valence-corrected chi connectivity index (χ2v) is 3.49. The molecule has 0 radical (unpaired) electrons. The van der Waals surface area contributed by atoms with Gasteiger partial charge in [-0.25, -0.2) is 0 Å². The topological polar surface area (TPSA) is 56.8 Å². The highest BCUT2D eigenvalue weighted by molar-refractivity contribution is 6.30. The SMILES string of the molecule is COc1ccc(Cl)cc1C=CC=C(C#N)C#N. The summed E-state index contributed by atoms with van der Waals surface area (Å²) < 4.78 is 5.15. The number of hydrogen-bond donors (Lipinski definition) is 0. The number of nitrogens with zero attached hydrogens (tertiary/aromatic N) is 2. The van der Waals surface area contributed by atoms with Crippen LogP contribution in [0.25, 0.3) is 6.08 Å². The molecule has 0 bridgehead atoms. The molecule has 3 nitrogen and oxygen atoms in total. The van der Waals surface area contributed by atoms with Gasteiger partial charge in [-0.1, -0.05) is 23.8 Å². The predicted molar refractivity (Wildman–Crippen MR) is 66.3 cm³/mol. The summed E-state index contributed by atoms with van der Waals surface area (Å²) in [4.78, 5) is 0. The summed E-state index contributed by atoms with van der Waals surface area (Å²) in [6.07, 6.45) is 4.76. The molecule has 0 heterocycles. The Kier molecular flexibility index (Phi) is 4.81. The van der Waals surface area contributed by atoms with Crippen LogP contribution in [0.15, 0.2) is 35.9 Å². The number of nitriles is 2. The largest absolute Gasteiger partial charge is 0.496 e. The number of halogens is 1. The van der Waals surface area contributed by atoms with E-state index in [9.17, 15) is 0 Å². The van der Waals surface area contributed by atoms with Crippen LogP contribution < -0.4 is 4.74 Å². The average molecular weight is 245 g/mol. The Morgan fingerprint density at radius 3 is 2.65 bits per heavy atom. The van der Waals surface area contributed by atoms with E-state index in [1.54, 1.807) is 49.6 Å². The zero-order valence-electron chi connectivity index (χ0n) is 9.14. The number of benzene rings is 1. The normalized spacial score (nSPS) is 9.41. The predicted octanol–water partition coefficient (Wildman–Crippen LogP) is 3.34. The van der Waals surface area contributed by atoms with Crippen LogP contribution in [0.1, 0.15) is 5.56 Å². The highest BCUT2D eigenvalue weighted by atomic mass is 35.5. The lowest BCUT2D eigenvalue weighted by Gasteiger charge is -2.04. The van der Waals surface area contributed by atoms with Gasteiger partial charge in [0, 0.05) is 10.6 Å². The maximum atomic E-state index is 8.55. The fourth-order valence-corrected chi connectivity index (χ4v) is 1.36. The van der Waals surface area contributed by atoms with Crippen LogP contribution >= 0.6 is 11.6 Å². The molecule has 4 heteroatoms. The molecule has 84 valence electrons. The van der Waals surface area contributed by atoms with E-state index in [4.69, 9.17) is 26.9 Å². The van der Waals surface area contributed by atoms with Gasteiger partial charge in [-0.3, -0.25) is 0 Å². The van der Waals surface area contributed by atoms with Gasteiger partial charge in [-0.05, 0) is 24.3 Å². The molecule has 0 N–H and O–H groups in total. The third-order valence-electron chi connectivity index (χ3n) is 1.97. The Labute approximate surface area is 105 Å². The summed E-state index contributed by atoms with van der Waals surface area (Å²) in [5.41, 5.74) is 0.828. The number of methoxy groups -OCH3 is 1. The van der Waals surface area contributed by atoms with Gasteiger partial charge in [0.25, 0.3) is 0 Å². The van der Waals surface area contributed by atoms with Crippen molar-refractivity contribution in [2.24, 2.45) is 0 Å². The lowest BCUT2D eigenvalue weighted by Crippen LogP contribution is -1.86. The average Bonchev–Trinajstić information content (AvgIpc) is 2.35. The van der Waals surface area contributed by atoms with Crippen molar-refractivity contribution < 1.29 is 4.74 Å². The molecule has 0 aliphatic carbocycles. The number of hydrogen-bond acceptors (Lipinski definition) is 3. The van der Waals surface area contributed by atoms with Crippen LogP contribution in [-0.2, 0) is 0 Å². The molecule has 1 aromatic rings. The molecule has 1 rings (SSSR count). The maximum Gasteiger partial charge on any atom is 0.129 e. The van der Waals surface area contributed by atoms with Gasteiger partial charge in [0.2, 0.25) is 0 Å². The fourth-order valence-electron chi connectivity index (χ4n) is 1.18. The van der Waals surface area contributed by atoms with Gasteiger partial charge in [-0.15, -0.1) is 0 Å². The first-order valence-corrected chi connectivity index (χ1v) is 5.11. The second-order valence-electron chi connectivity index (χ2n) is 3.05. The van der Waals surface area contributed by atoms with Crippen molar-refractivity contribution in [3.63, 3.8) is 0 Å². The lowest BCUT2D eigenvalue weighted by atomic mass is 10.1. The van der Waals surface area contributed by atoms with Gasteiger partial charge in [0.1, 0.15) is 23.5 Å². The Bertz CT molecular complexity index is 532. The first-order valence-electron chi connectivity index (χ1n) is 4.73. The summed E-state index contributed by atoms with van der Waals surface area (Å²) >= 11 is 5.86. The number of rotatable bonds is 3. The molecule has 0 unspecified atom stereocenters. The van der Waals surface area contributed by atoms with Crippen molar-refractivity contribution in [1.82, 2.24) is 0 Å². The van der Waals surface area contributed by atoms with Gasteiger partial charge in [0.05, 0.1) is 7.11 Å². The van der Waals surface area contributed by atoms with E-state index in [1.807, 2.05) is 0 Å². The maximum absolute atomic E-state index is 8.55. The molecular weight excluding hydrogens is 236 g/mol. The van der Waals surface area contributed by atoms with Crippen molar-refractivity contribution in [2.75, 3.05) is 7.11 Å². The van der Waals surface area contributed by atoms with Crippen molar-refractivity contribution in [2.45, 2.75) is 0 Å². The van der Waals surface area contributed by atoms with Gasteiger partial charge in [0.15, 0.2) is 0 Å². The van der Waals surface area contributed by atoms with Crippen LogP contribution in [0, 0.1) is 22.7 Å². The molecule has 17 heavy (non-hydrogen) atoms. The molecular formula is C13H9ClN2O. The number of allylic oxidation sites excluding steroid dienone is 3. The second kappa shape index (κ2) is 6.37. The number of ether oxygens (including phenoxy) is 1. The van der Waals surface area contributed by atoms with Crippen molar-refractivity contribution in [3.05, 3.63) is 46.5 Å². The van der Waals surface area contributed by atoms with Crippen molar-refractivity contribution in [3.8, 4) is 17.9 Å². The molecule has 0 saturated carbocycles. The van der Waals surface area contributed by atoms with Gasteiger partial charge < -0.3 is 4.74 Å². The summed E-state index contributed by atoms with van der Waals surface area (Å²) in [7, 11) is 1.56. The molecule has 1 aromatic carbocycles. The molecule has 0 saturated heterocycles. The summed E-state index contributed by atoms with van der Waals surface area (Å²) in [6, 6.07) is 8.76. The van der Waals surface area contributed by atoms with E-state index in [2.05, 4.69) is 0 Å². The van der Waals surface area contributed by atoms with Crippen LogP contribution in [0.2, 0.25) is 5.02 Å². The van der Waals surface area contributed by atoms with Gasteiger partial charge in [-0.2, -0.15) is 10.5 Å². The van der Waals surface area contributed by atoms with Crippen LogP contribution in [0.4, 0.5) is 0 Å². The fraction of sp³-hybridized carbons (Fsp3) is 0.0769. The first-order chi connectivity index (χ1) is 8.21. The minimum Gasteiger partial charge on any atom is -0.496 e. The van der Waals surface area contributed by atoms with E-state index in [-0.39, 0.29) is 5.57 Å². The van der Waals surface area contributed by atoms with Gasteiger partial charge >= 0.3 is 0 Å². The molecule has 0 aliphatic rings. The minimum absolute atomic E-state index is 0.0437.